The number of unbranched alkanes of at least 4 members (excludes halogenated alkanes) is 16. The van der Waals surface area contributed by atoms with Crippen LogP contribution in [0.5, 0.6) is 0 Å². The SMILES string of the molecule is CCCCCCCCCCCCC/C=C/CCCCCCC[N+](CCCC(=O)[O-])(CCCC(=O)O)CCCC(=O)O. The van der Waals surface area contributed by atoms with Crippen molar-refractivity contribution in [2.24, 2.45) is 0 Å². The van der Waals surface area contributed by atoms with Crippen molar-refractivity contribution < 1.29 is 34.2 Å². The van der Waals surface area contributed by atoms with Crippen molar-refractivity contribution in [2.45, 2.75) is 161 Å². The van der Waals surface area contributed by atoms with E-state index in [1.165, 1.54) is 89.9 Å². The average molecular weight is 582 g/mol. The standard InChI is InChI=1S/C34H63NO6/c1-2-3-4-5-6-7-8-9-10-11-12-13-14-15-16-17-18-19-20-21-28-35(29-22-25-32(36)37,30-23-26-33(38)39)31-24-27-34(40)41/h14-15H,2-13,16-31H2,1H3,(H2-,36,37,38,39,40,41)/b15-14+. The fraction of sp³-hybridized carbons (Fsp3) is 0.853. The minimum Gasteiger partial charge on any atom is -0.550 e. The second-order valence-electron chi connectivity index (χ2n) is 12.1. The van der Waals surface area contributed by atoms with Crippen molar-refractivity contribution in [3.8, 4) is 0 Å². The summed E-state index contributed by atoms with van der Waals surface area (Å²) in [6.45, 7) is 5.01. The number of carboxylic acids is 3. The van der Waals surface area contributed by atoms with Crippen molar-refractivity contribution in [3.63, 3.8) is 0 Å². The van der Waals surface area contributed by atoms with Gasteiger partial charge < -0.3 is 24.6 Å². The van der Waals surface area contributed by atoms with Gasteiger partial charge in [0.15, 0.2) is 0 Å². The first kappa shape index (κ1) is 39.1. The van der Waals surface area contributed by atoms with Crippen molar-refractivity contribution in [1.29, 1.82) is 0 Å². The molecule has 0 atom stereocenters. The summed E-state index contributed by atoms with van der Waals surface area (Å²) in [6, 6.07) is 0. The topological polar surface area (TPSA) is 115 Å². The molecule has 0 aromatic carbocycles. The molecule has 7 nitrogen and oxygen atoms in total. The van der Waals surface area contributed by atoms with Gasteiger partial charge >= 0.3 is 11.9 Å². The minimum atomic E-state index is -1.08. The smallest absolute Gasteiger partial charge is 0.303 e. The van der Waals surface area contributed by atoms with Gasteiger partial charge in [-0.3, -0.25) is 9.59 Å². The molecular formula is C34H63NO6. The van der Waals surface area contributed by atoms with Crippen molar-refractivity contribution in [2.75, 3.05) is 26.2 Å². The zero-order chi connectivity index (χ0) is 30.4. The third-order valence-electron chi connectivity index (χ3n) is 8.20. The van der Waals surface area contributed by atoms with Crippen molar-refractivity contribution in [3.05, 3.63) is 12.2 Å². The van der Waals surface area contributed by atoms with E-state index in [4.69, 9.17) is 10.2 Å². The maximum absolute atomic E-state index is 11.1. The van der Waals surface area contributed by atoms with Crippen LogP contribution in [0.4, 0.5) is 0 Å². The van der Waals surface area contributed by atoms with Crippen LogP contribution in [0.1, 0.15) is 161 Å². The largest absolute Gasteiger partial charge is 0.550 e. The van der Waals surface area contributed by atoms with Crippen LogP contribution in [0.15, 0.2) is 12.2 Å². The van der Waals surface area contributed by atoms with Crippen LogP contribution in [0, 0.1) is 0 Å². The number of carboxylic acid groups (broad SMARTS) is 3. The zero-order valence-corrected chi connectivity index (χ0v) is 26.4. The molecule has 0 fully saturated rings. The van der Waals surface area contributed by atoms with E-state index in [1.807, 2.05) is 0 Å². The fourth-order valence-corrected chi connectivity index (χ4v) is 5.76. The van der Waals surface area contributed by atoms with Gasteiger partial charge in [0.05, 0.1) is 39.0 Å². The van der Waals surface area contributed by atoms with Gasteiger partial charge in [-0.1, -0.05) is 96.1 Å². The molecule has 0 rings (SSSR count). The second kappa shape index (κ2) is 28.2. The highest BCUT2D eigenvalue weighted by atomic mass is 16.4. The number of carbonyl (C=O) groups is 3. The van der Waals surface area contributed by atoms with E-state index in [0.29, 0.717) is 43.4 Å². The van der Waals surface area contributed by atoms with Crippen LogP contribution in [-0.2, 0) is 14.4 Å². The Morgan fingerprint density at radius 1 is 0.512 bits per heavy atom. The highest BCUT2D eigenvalue weighted by Gasteiger charge is 2.26. The molecule has 0 saturated carbocycles. The lowest BCUT2D eigenvalue weighted by Gasteiger charge is -2.39. The van der Waals surface area contributed by atoms with Gasteiger partial charge in [-0.2, -0.15) is 0 Å². The fourth-order valence-electron chi connectivity index (χ4n) is 5.76. The predicted molar refractivity (Wildman–Crippen MR) is 166 cm³/mol. The number of allylic oxidation sites excluding steroid dienone is 2. The second-order valence-corrected chi connectivity index (χ2v) is 12.1. The molecule has 0 amide bonds. The molecule has 0 aliphatic heterocycles. The van der Waals surface area contributed by atoms with Crippen LogP contribution in [0.25, 0.3) is 0 Å². The molecule has 0 radical (unpaired) electrons. The summed E-state index contributed by atoms with van der Waals surface area (Å²) in [7, 11) is 0. The Kier molecular flexibility index (Phi) is 26.9. The van der Waals surface area contributed by atoms with Gasteiger partial charge in [0, 0.05) is 25.2 Å². The monoisotopic (exact) mass is 581 g/mol. The first-order chi connectivity index (χ1) is 19.8. The number of nitrogens with zero attached hydrogens (tertiary/aromatic N) is 1. The lowest BCUT2D eigenvalue weighted by atomic mass is 10.0. The highest BCUT2D eigenvalue weighted by molar-refractivity contribution is 5.66. The van der Waals surface area contributed by atoms with E-state index >= 15 is 0 Å². The van der Waals surface area contributed by atoms with E-state index in [9.17, 15) is 19.5 Å². The molecule has 0 aliphatic carbocycles. The number of carbonyl (C=O) groups excluding carboxylic acids is 1. The Labute approximate surface area is 251 Å². The maximum atomic E-state index is 11.1. The van der Waals surface area contributed by atoms with Gasteiger partial charge in [0.1, 0.15) is 0 Å². The number of rotatable bonds is 32. The number of quaternary nitrogens is 1. The Morgan fingerprint density at radius 3 is 1.24 bits per heavy atom. The van der Waals surface area contributed by atoms with Crippen LogP contribution in [-0.4, -0.2) is 58.8 Å². The molecular weight excluding hydrogens is 518 g/mol. The third-order valence-corrected chi connectivity index (χ3v) is 8.20. The van der Waals surface area contributed by atoms with E-state index in [2.05, 4.69) is 19.1 Å². The van der Waals surface area contributed by atoms with Gasteiger partial charge in [-0.05, 0) is 44.9 Å². The summed E-state index contributed by atoms with van der Waals surface area (Å²) in [6.07, 6.45) is 29.4. The van der Waals surface area contributed by atoms with E-state index in [0.717, 1.165) is 32.2 Å². The first-order valence-electron chi connectivity index (χ1n) is 16.9. The molecule has 7 heteroatoms. The molecule has 240 valence electrons. The van der Waals surface area contributed by atoms with Gasteiger partial charge in [0.2, 0.25) is 0 Å². The molecule has 0 bridgehead atoms. The number of aliphatic carboxylic acids is 3. The summed E-state index contributed by atoms with van der Waals surface area (Å²) in [5.74, 6) is -2.75. The lowest BCUT2D eigenvalue weighted by molar-refractivity contribution is -0.929. The first-order valence-corrected chi connectivity index (χ1v) is 16.9. The number of hydrogen-bond acceptors (Lipinski definition) is 4. The van der Waals surface area contributed by atoms with Gasteiger partial charge in [-0.25, -0.2) is 0 Å². The van der Waals surface area contributed by atoms with Crippen LogP contribution < -0.4 is 5.11 Å². The van der Waals surface area contributed by atoms with Crippen molar-refractivity contribution in [1.82, 2.24) is 0 Å². The molecule has 2 N–H and O–H groups in total. The summed E-state index contributed by atoms with van der Waals surface area (Å²) in [5, 5.41) is 29.1. The van der Waals surface area contributed by atoms with Gasteiger partial charge in [-0.15, -0.1) is 0 Å². The molecule has 0 aromatic heterocycles. The van der Waals surface area contributed by atoms with E-state index in [1.54, 1.807) is 0 Å². The molecule has 0 heterocycles. The van der Waals surface area contributed by atoms with E-state index in [-0.39, 0.29) is 19.3 Å². The molecule has 41 heavy (non-hydrogen) atoms. The Bertz CT molecular complexity index is 628. The molecule has 0 aliphatic rings. The summed E-state index contributed by atoms with van der Waals surface area (Å²) >= 11 is 0. The Balaban J connectivity index is 4.12. The number of hydrogen-bond donors (Lipinski definition) is 2. The van der Waals surface area contributed by atoms with Crippen LogP contribution in [0.2, 0.25) is 0 Å². The highest BCUT2D eigenvalue weighted by Crippen LogP contribution is 2.18. The summed E-state index contributed by atoms with van der Waals surface area (Å²) < 4.78 is 0.607. The third kappa shape index (κ3) is 28.0. The zero-order valence-electron chi connectivity index (χ0n) is 26.4. The molecule has 0 aromatic rings. The summed E-state index contributed by atoms with van der Waals surface area (Å²) in [5.41, 5.74) is 0. The molecule has 0 spiro atoms. The summed E-state index contributed by atoms with van der Waals surface area (Å²) in [4.78, 5) is 33.1. The lowest BCUT2D eigenvalue weighted by Crippen LogP contribution is -2.51. The molecule has 0 saturated heterocycles. The normalized spacial score (nSPS) is 11.8. The minimum absolute atomic E-state index is 0.0232. The Hall–Kier alpha value is -1.89. The maximum Gasteiger partial charge on any atom is 0.303 e. The molecule has 0 unspecified atom stereocenters. The average Bonchev–Trinajstić information content (AvgIpc) is 2.91. The van der Waals surface area contributed by atoms with Crippen molar-refractivity contribution >= 4 is 17.9 Å². The predicted octanol–water partition coefficient (Wildman–Crippen LogP) is 7.66. The van der Waals surface area contributed by atoms with E-state index < -0.39 is 17.9 Å². The Morgan fingerprint density at radius 2 is 0.854 bits per heavy atom. The van der Waals surface area contributed by atoms with Gasteiger partial charge in [0.25, 0.3) is 0 Å². The quantitative estimate of drug-likeness (QED) is 0.0479. The van der Waals surface area contributed by atoms with Crippen LogP contribution >= 0.6 is 0 Å². The van der Waals surface area contributed by atoms with Crippen LogP contribution in [0.3, 0.4) is 0 Å².